The van der Waals surface area contributed by atoms with Crippen molar-refractivity contribution in [3.8, 4) is 66.8 Å². The van der Waals surface area contributed by atoms with Crippen LogP contribution in [0.25, 0.3) is 88.3 Å². The Morgan fingerprint density at radius 3 is 0.810 bits per heavy atom. The van der Waals surface area contributed by atoms with Gasteiger partial charge in [0.1, 0.15) is 0 Å². The van der Waals surface area contributed by atoms with Crippen LogP contribution in [-0.4, -0.2) is 0 Å². The standard InChI is InChI=1S/C62H43N/c1-3-11-44(12-4-1)51-17-9-19-53(39-51)47-27-33-60(34-28-47)63(61-35-29-48(30-36-61)54-20-10-18-52(40-54)45-13-5-2-6-14-45)62-37-31-49(32-38-62)55-23-24-58-43-59(26-25-57(58)42-55)56-22-21-46-15-7-8-16-50(46)41-56/h1-43H. The molecule has 11 aromatic carbocycles. The van der Waals surface area contributed by atoms with Gasteiger partial charge < -0.3 is 4.90 Å². The number of fused-ring (bicyclic) bond motifs is 2. The lowest BCUT2D eigenvalue weighted by Crippen LogP contribution is -2.09. The Kier molecular flexibility index (Phi) is 9.97. The molecule has 0 N–H and O–H groups in total. The van der Waals surface area contributed by atoms with Gasteiger partial charge in [0.2, 0.25) is 0 Å². The minimum absolute atomic E-state index is 1.09. The summed E-state index contributed by atoms with van der Waals surface area (Å²) in [6, 6.07) is 94.6. The van der Waals surface area contributed by atoms with E-state index < -0.39 is 0 Å². The van der Waals surface area contributed by atoms with Crippen molar-refractivity contribution < 1.29 is 0 Å². The average Bonchev–Trinajstić information content (AvgIpc) is 3.37. The van der Waals surface area contributed by atoms with Crippen molar-refractivity contribution in [2.24, 2.45) is 0 Å². The van der Waals surface area contributed by atoms with Crippen molar-refractivity contribution >= 4 is 38.6 Å². The highest BCUT2D eigenvalue weighted by atomic mass is 15.1. The second-order valence-corrected chi connectivity index (χ2v) is 16.2. The van der Waals surface area contributed by atoms with Crippen LogP contribution < -0.4 is 4.90 Å². The molecule has 0 atom stereocenters. The summed E-state index contributed by atoms with van der Waals surface area (Å²) in [5.41, 5.74) is 17.7. The summed E-state index contributed by atoms with van der Waals surface area (Å²) in [6.07, 6.45) is 0. The molecular weight excluding hydrogens is 759 g/mol. The molecule has 0 aliphatic rings. The van der Waals surface area contributed by atoms with E-state index in [2.05, 4.69) is 266 Å². The molecule has 0 amide bonds. The molecule has 296 valence electrons. The highest BCUT2D eigenvalue weighted by molar-refractivity contribution is 5.93. The summed E-state index contributed by atoms with van der Waals surface area (Å²) in [5.74, 6) is 0. The first kappa shape index (κ1) is 37.7. The summed E-state index contributed by atoms with van der Waals surface area (Å²) >= 11 is 0. The predicted octanol–water partition coefficient (Wildman–Crippen LogP) is 17.5. The van der Waals surface area contributed by atoms with Gasteiger partial charge in [-0.15, -0.1) is 0 Å². The molecule has 0 unspecified atom stereocenters. The summed E-state index contributed by atoms with van der Waals surface area (Å²) in [4.78, 5) is 2.35. The van der Waals surface area contributed by atoms with E-state index in [0.29, 0.717) is 0 Å². The number of benzene rings is 11. The molecule has 1 heteroatoms. The van der Waals surface area contributed by atoms with Gasteiger partial charge in [0, 0.05) is 17.1 Å². The third-order valence-corrected chi connectivity index (χ3v) is 12.2. The lowest BCUT2D eigenvalue weighted by molar-refractivity contribution is 1.28. The molecule has 0 aliphatic carbocycles. The van der Waals surface area contributed by atoms with E-state index in [4.69, 9.17) is 0 Å². The van der Waals surface area contributed by atoms with Gasteiger partial charge in [0.05, 0.1) is 0 Å². The first-order valence-electron chi connectivity index (χ1n) is 21.6. The van der Waals surface area contributed by atoms with Crippen LogP contribution in [0.3, 0.4) is 0 Å². The Balaban J connectivity index is 0.913. The van der Waals surface area contributed by atoms with E-state index >= 15 is 0 Å². The third-order valence-electron chi connectivity index (χ3n) is 12.2. The molecule has 0 aliphatic heterocycles. The van der Waals surface area contributed by atoms with Crippen LogP contribution in [0, 0.1) is 0 Å². The van der Waals surface area contributed by atoms with Crippen LogP contribution in [0.4, 0.5) is 17.1 Å². The Morgan fingerprint density at radius 1 is 0.159 bits per heavy atom. The molecule has 0 heterocycles. The molecular formula is C62H43N. The van der Waals surface area contributed by atoms with Crippen molar-refractivity contribution in [3.05, 3.63) is 261 Å². The highest BCUT2D eigenvalue weighted by Gasteiger charge is 2.15. The lowest BCUT2D eigenvalue weighted by Gasteiger charge is -2.26. The number of hydrogen-bond donors (Lipinski definition) is 0. The first-order chi connectivity index (χ1) is 31.2. The van der Waals surface area contributed by atoms with Crippen LogP contribution in [-0.2, 0) is 0 Å². The van der Waals surface area contributed by atoms with Gasteiger partial charge in [0.25, 0.3) is 0 Å². The summed E-state index contributed by atoms with van der Waals surface area (Å²) in [6.45, 7) is 0. The second-order valence-electron chi connectivity index (χ2n) is 16.2. The molecule has 0 bridgehead atoms. The Hall–Kier alpha value is -8.26. The van der Waals surface area contributed by atoms with E-state index in [9.17, 15) is 0 Å². The molecule has 0 spiro atoms. The summed E-state index contributed by atoms with van der Waals surface area (Å²) < 4.78 is 0. The summed E-state index contributed by atoms with van der Waals surface area (Å²) in [5, 5.41) is 4.98. The van der Waals surface area contributed by atoms with E-state index in [1.54, 1.807) is 0 Å². The molecule has 63 heavy (non-hydrogen) atoms. The van der Waals surface area contributed by atoms with E-state index in [1.165, 1.54) is 88.3 Å². The molecule has 0 saturated carbocycles. The van der Waals surface area contributed by atoms with Crippen LogP contribution >= 0.6 is 0 Å². The van der Waals surface area contributed by atoms with E-state index in [-0.39, 0.29) is 0 Å². The van der Waals surface area contributed by atoms with Crippen LogP contribution in [0.5, 0.6) is 0 Å². The van der Waals surface area contributed by atoms with Crippen LogP contribution in [0.1, 0.15) is 0 Å². The Morgan fingerprint density at radius 2 is 0.413 bits per heavy atom. The fourth-order valence-electron chi connectivity index (χ4n) is 8.85. The third kappa shape index (κ3) is 7.81. The summed E-state index contributed by atoms with van der Waals surface area (Å²) in [7, 11) is 0. The van der Waals surface area contributed by atoms with Crippen molar-refractivity contribution in [1.29, 1.82) is 0 Å². The number of nitrogens with zero attached hydrogens (tertiary/aromatic N) is 1. The molecule has 1 nitrogen and oxygen atoms in total. The van der Waals surface area contributed by atoms with Crippen LogP contribution in [0.15, 0.2) is 261 Å². The zero-order chi connectivity index (χ0) is 42.0. The fraction of sp³-hybridized carbons (Fsp3) is 0. The maximum absolute atomic E-state index is 2.35. The highest BCUT2D eigenvalue weighted by Crippen LogP contribution is 2.39. The molecule has 0 saturated heterocycles. The minimum Gasteiger partial charge on any atom is -0.311 e. The van der Waals surface area contributed by atoms with Gasteiger partial charge in [-0.3, -0.25) is 0 Å². The van der Waals surface area contributed by atoms with E-state index in [1.807, 2.05) is 0 Å². The normalized spacial score (nSPS) is 11.2. The van der Waals surface area contributed by atoms with Gasteiger partial charge in [-0.25, -0.2) is 0 Å². The maximum Gasteiger partial charge on any atom is 0.0462 e. The predicted molar refractivity (Wildman–Crippen MR) is 269 cm³/mol. The smallest absolute Gasteiger partial charge is 0.0462 e. The van der Waals surface area contributed by atoms with Crippen LogP contribution in [0.2, 0.25) is 0 Å². The molecule has 0 aromatic heterocycles. The number of rotatable bonds is 9. The molecule has 0 fully saturated rings. The molecule has 11 aromatic rings. The SMILES string of the molecule is c1ccc(-c2cccc(-c3ccc(N(c4ccc(-c5cccc(-c6ccccc6)c5)cc4)c4ccc(-c5ccc6cc(-c7ccc8ccccc8c7)ccc6c5)cc4)cc3)c2)cc1. The monoisotopic (exact) mass is 801 g/mol. The van der Waals surface area contributed by atoms with Gasteiger partial charge >= 0.3 is 0 Å². The lowest BCUT2D eigenvalue weighted by atomic mass is 9.96. The van der Waals surface area contributed by atoms with Gasteiger partial charge in [-0.1, -0.05) is 194 Å². The topological polar surface area (TPSA) is 3.24 Å². The minimum atomic E-state index is 1.09. The zero-order valence-corrected chi connectivity index (χ0v) is 34.8. The molecule has 11 rings (SSSR count). The number of anilines is 3. The van der Waals surface area contributed by atoms with Crippen molar-refractivity contribution in [3.63, 3.8) is 0 Å². The van der Waals surface area contributed by atoms with E-state index in [0.717, 1.165) is 17.1 Å². The second kappa shape index (κ2) is 16.7. The zero-order valence-electron chi connectivity index (χ0n) is 34.8. The molecule has 0 radical (unpaired) electrons. The maximum atomic E-state index is 2.35. The quantitative estimate of drug-likeness (QED) is 0.141. The van der Waals surface area contributed by atoms with Gasteiger partial charge in [-0.05, 0) is 155 Å². The van der Waals surface area contributed by atoms with Gasteiger partial charge in [-0.2, -0.15) is 0 Å². The Bertz CT molecular complexity index is 3220. The van der Waals surface area contributed by atoms with Crippen molar-refractivity contribution in [2.75, 3.05) is 4.90 Å². The fourth-order valence-corrected chi connectivity index (χ4v) is 8.85. The average molecular weight is 802 g/mol. The van der Waals surface area contributed by atoms with Crippen molar-refractivity contribution in [2.45, 2.75) is 0 Å². The largest absolute Gasteiger partial charge is 0.311 e. The first-order valence-corrected chi connectivity index (χ1v) is 21.6. The Labute approximate surface area is 369 Å². The number of hydrogen-bond acceptors (Lipinski definition) is 1. The van der Waals surface area contributed by atoms with Crippen molar-refractivity contribution in [1.82, 2.24) is 0 Å². The van der Waals surface area contributed by atoms with Gasteiger partial charge in [0.15, 0.2) is 0 Å².